The molecule has 0 saturated carbocycles. The van der Waals surface area contributed by atoms with E-state index in [4.69, 9.17) is 14.3 Å². The van der Waals surface area contributed by atoms with Crippen molar-refractivity contribution in [2.45, 2.75) is 27.2 Å². The predicted molar refractivity (Wildman–Crippen MR) is 106 cm³/mol. The number of hydrogen-bond acceptors (Lipinski definition) is 4. The van der Waals surface area contributed by atoms with E-state index in [1.165, 1.54) is 0 Å². The molecule has 0 unspecified atom stereocenters. The summed E-state index contributed by atoms with van der Waals surface area (Å²) in [6, 6.07) is 11.2. The van der Waals surface area contributed by atoms with Crippen LogP contribution in [0.15, 0.2) is 40.8 Å². The van der Waals surface area contributed by atoms with Crippen molar-refractivity contribution >= 4 is 22.8 Å². The van der Waals surface area contributed by atoms with Crippen LogP contribution >= 0.6 is 0 Å². The summed E-state index contributed by atoms with van der Waals surface area (Å²) in [6.07, 6.45) is 0.641. The molecule has 3 rings (SSSR count). The van der Waals surface area contributed by atoms with Crippen molar-refractivity contribution in [3.63, 3.8) is 0 Å². The number of ether oxygens (including phenoxy) is 1. The lowest BCUT2D eigenvalue weighted by Crippen LogP contribution is -2.25. The first-order chi connectivity index (χ1) is 13.4. The fraction of sp³-hybridized carbons (Fsp3) is 0.273. The molecular weight excluding hydrogens is 358 g/mol. The Morgan fingerprint density at radius 3 is 2.36 bits per heavy atom. The smallest absolute Gasteiger partial charge is 0.341 e. The molecule has 6 nitrogen and oxygen atoms in total. The van der Waals surface area contributed by atoms with Crippen molar-refractivity contribution in [1.29, 1.82) is 0 Å². The largest absolute Gasteiger partial charge is 0.482 e. The van der Waals surface area contributed by atoms with E-state index in [2.05, 4.69) is 5.32 Å². The van der Waals surface area contributed by atoms with Crippen LogP contribution in [0.25, 0.3) is 11.0 Å². The third-order valence-corrected chi connectivity index (χ3v) is 4.67. The third-order valence-electron chi connectivity index (χ3n) is 4.67. The normalized spacial score (nSPS) is 10.8. The number of carbonyl (C=O) groups is 2. The number of hydrogen-bond donors (Lipinski definition) is 2. The Kier molecular flexibility index (Phi) is 5.68. The monoisotopic (exact) mass is 381 g/mol. The van der Waals surface area contributed by atoms with Crippen LogP contribution in [0, 0.1) is 20.8 Å². The molecule has 3 aromatic rings. The Hall–Kier alpha value is -3.28. The quantitative estimate of drug-likeness (QED) is 0.650. The van der Waals surface area contributed by atoms with Gasteiger partial charge in [-0.15, -0.1) is 0 Å². The number of aryl methyl sites for hydroxylation is 3. The minimum absolute atomic E-state index is 0.228. The fourth-order valence-electron chi connectivity index (χ4n) is 3.19. The molecule has 2 N–H and O–H groups in total. The van der Waals surface area contributed by atoms with E-state index in [0.29, 0.717) is 24.5 Å². The van der Waals surface area contributed by atoms with Crippen LogP contribution in [0.2, 0.25) is 0 Å². The van der Waals surface area contributed by atoms with Gasteiger partial charge < -0.3 is 19.6 Å². The Bertz CT molecular complexity index is 1020. The maximum absolute atomic E-state index is 12.6. The maximum Gasteiger partial charge on any atom is 0.341 e. The number of aliphatic carboxylic acids is 1. The number of carboxylic acid groups (broad SMARTS) is 1. The van der Waals surface area contributed by atoms with Crippen molar-refractivity contribution < 1.29 is 23.8 Å². The molecule has 0 saturated heterocycles. The van der Waals surface area contributed by atoms with Gasteiger partial charge in [0.1, 0.15) is 11.3 Å². The summed E-state index contributed by atoms with van der Waals surface area (Å²) in [5.74, 6) is -0.393. The molecule has 0 radical (unpaired) electrons. The highest BCUT2D eigenvalue weighted by atomic mass is 16.5. The van der Waals surface area contributed by atoms with Gasteiger partial charge in [0.05, 0.1) is 0 Å². The summed E-state index contributed by atoms with van der Waals surface area (Å²) in [5.41, 5.74) is 4.73. The highest BCUT2D eigenvalue weighted by Crippen LogP contribution is 2.30. The summed E-state index contributed by atoms with van der Waals surface area (Å²) >= 11 is 0. The second-order valence-electron chi connectivity index (χ2n) is 6.79. The molecule has 146 valence electrons. The minimum atomic E-state index is -1.02. The van der Waals surface area contributed by atoms with Crippen molar-refractivity contribution in [2.75, 3.05) is 13.2 Å². The van der Waals surface area contributed by atoms with Gasteiger partial charge in [0.25, 0.3) is 5.91 Å². The number of furan rings is 1. The van der Waals surface area contributed by atoms with E-state index >= 15 is 0 Å². The maximum atomic E-state index is 12.6. The van der Waals surface area contributed by atoms with Gasteiger partial charge in [-0.2, -0.15) is 0 Å². The lowest BCUT2D eigenvalue weighted by Gasteiger charge is -2.06. The Balaban J connectivity index is 1.61. The zero-order valence-corrected chi connectivity index (χ0v) is 16.2. The first kappa shape index (κ1) is 19.5. The topological polar surface area (TPSA) is 88.8 Å². The van der Waals surface area contributed by atoms with E-state index in [1.54, 1.807) is 12.1 Å². The molecule has 1 aromatic heterocycles. The molecular formula is C22H23NO5. The van der Waals surface area contributed by atoms with Crippen LogP contribution < -0.4 is 10.1 Å². The van der Waals surface area contributed by atoms with Gasteiger partial charge in [-0.3, -0.25) is 4.79 Å². The first-order valence-electron chi connectivity index (χ1n) is 9.08. The highest BCUT2D eigenvalue weighted by Gasteiger charge is 2.19. The molecule has 2 aromatic carbocycles. The molecule has 1 amide bonds. The third kappa shape index (κ3) is 4.17. The lowest BCUT2D eigenvalue weighted by atomic mass is 10.0. The molecule has 0 aliphatic carbocycles. The number of fused-ring (bicyclic) bond motifs is 1. The van der Waals surface area contributed by atoms with Crippen LogP contribution in [0.5, 0.6) is 5.75 Å². The molecule has 0 fully saturated rings. The van der Waals surface area contributed by atoms with Crippen LogP contribution in [-0.2, 0) is 11.2 Å². The van der Waals surface area contributed by atoms with Crippen molar-refractivity contribution in [1.82, 2.24) is 5.32 Å². The summed E-state index contributed by atoms with van der Waals surface area (Å²) in [4.78, 5) is 23.1. The average Bonchev–Trinajstić information content (AvgIpc) is 3.03. The number of nitrogens with one attached hydrogen (secondary N) is 1. The van der Waals surface area contributed by atoms with E-state index in [-0.39, 0.29) is 12.5 Å². The predicted octanol–water partition coefficient (Wildman–Crippen LogP) is 3.79. The van der Waals surface area contributed by atoms with Gasteiger partial charge >= 0.3 is 5.97 Å². The van der Waals surface area contributed by atoms with Gasteiger partial charge in [0.15, 0.2) is 12.4 Å². The highest BCUT2D eigenvalue weighted by molar-refractivity contribution is 6.00. The Morgan fingerprint density at radius 1 is 1.04 bits per heavy atom. The molecule has 0 atom stereocenters. The Morgan fingerprint density at radius 2 is 1.71 bits per heavy atom. The number of amides is 1. The number of rotatable bonds is 7. The molecule has 0 spiro atoms. The van der Waals surface area contributed by atoms with E-state index in [1.807, 2.05) is 45.0 Å². The number of carbonyl (C=O) groups excluding carboxylic acids is 1. The summed E-state index contributed by atoms with van der Waals surface area (Å²) in [6.45, 7) is 5.98. The van der Waals surface area contributed by atoms with Crippen molar-refractivity contribution in [3.05, 3.63) is 64.4 Å². The van der Waals surface area contributed by atoms with Crippen LogP contribution in [0.4, 0.5) is 0 Å². The van der Waals surface area contributed by atoms with Crippen LogP contribution in [0.1, 0.15) is 32.8 Å². The number of carboxylic acids is 1. The van der Waals surface area contributed by atoms with Crippen molar-refractivity contribution in [3.8, 4) is 5.75 Å². The summed E-state index contributed by atoms with van der Waals surface area (Å²) in [5, 5.41) is 12.5. The SMILES string of the molecule is Cc1ccc(C)c2c(C)c(C(=O)NCCc3ccc(OCC(=O)O)cc3)oc12. The molecule has 0 aliphatic heterocycles. The zero-order chi connectivity index (χ0) is 20.3. The van der Waals surface area contributed by atoms with E-state index < -0.39 is 5.97 Å². The fourth-order valence-corrected chi connectivity index (χ4v) is 3.19. The minimum Gasteiger partial charge on any atom is -0.482 e. The van der Waals surface area contributed by atoms with Gasteiger partial charge in [0.2, 0.25) is 0 Å². The van der Waals surface area contributed by atoms with Gasteiger partial charge in [0, 0.05) is 17.5 Å². The molecule has 0 bridgehead atoms. The lowest BCUT2D eigenvalue weighted by molar-refractivity contribution is -0.139. The van der Waals surface area contributed by atoms with Crippen LogP contribution in [-0.4, -0.2) is 30.1 Å². The second-order valence-corrected chi connectivity index (χ2v) is 6.79. The average molecular weight is 381 g/mol. The van der Waals surface area contributed by atoms with Gasteiger partial charge in [-0.1, -0.05) is 24.3 Å². The molecule has 1 heterocycles. The van der Waals surface area contributed by atoms with Crippen molar-refractivity contribution in [2.24, 2.45) is 0 Å². The van der Waals surface area contributed by atoms with Crippen LogP contribution in [0.3, 0.4) is 0 Å². The number of benzene rings is 2. The van der Waals surface area contributed by atoms with Gasteiger partial charge in [-0.05, 0) is 56.0 Å². The zero-order valence-electron chi connectivity index (χ0n) is 16.2. The Labute approximate surface area is 163 Å². The summed E-state index contributed by atoms with van der Waals surface area (Å²) in [7, 11) is 0. The van der Waals surface area contributed by atoms with E-state index in [0.717, 1.165) is 33.2 Å². The molecule has 6 heteroatoms. The van der Waals surface area contributed by atoms with E-state index in [9.17, 15) is 9.59 Å². The summed E-state index contributed by atoms with van der Waals surface area (Å²) < 4.78 is 11.0. The molecule has 28 heavy (non-hydrogen) atoms. The second kappa shape index (κ2) is 8.17. The standard InChI is InChI=1S/C22H23NO5/c1-13-4-5-14(2)20-19(13)15(3)21(28-20)22(26)23-11-10-16-6-8-17(9-7-16)27-12-18(24)25/h4-9H,10-12H2,1-3H3,(H,23,26)(H,24,25). The first-order valence-corrected chi connectivity index (χ1v) is 9.08. The molecule has 0 aliphatic rings. The van der Waals surface area contributed by atoms with Gasteiger partial charge in [-0.25, -0.2) is 4.79 Å².